The van der Waals surface area contributed by atoms with Gasteiger partial charge in [0.05, 0.1) is 12.0 Å². The van der Waals surface area contributed by atoms with Crippen molar-refractivity contribution in [2.24, 2.45) is 5.92 Å². The van der Waals surface area contributed by atoms with Gasteiger partial charge in [0, 0.05) is 17.8 Å². The molecule has 1 aromatic carbocycles. The number of halogens is 2. The first-order valence-electron chi connectivity index (χ1n) is 6.84. The van der Waals surface area contributed by atoms with Crippen molar-refractivity contribution in [3.63, 3.8) is 0 Å². The van der Waals surface area contributed by atoms with E-state index in [2.05, 4.69) is 12.5 Å². The van der Waals surface area contributed by atoms with Gasteiger partial charge in [-0.2, -0.15) is 0 Å². The van der Waals surface area contributed by atoms with Crippen molar-refractivity contribution >= 4 is 0 Å². The van der Waals surface area contributed by atoms with E-state index in [1.54, 1.807) is 0 Å². The largest absolute Gasteiger partial charge is 0.368 e. The molecule has 1 aliphatic rings. The lowest BCUT2D eigenvalue weighted by molar-refractivity contribution is 0.0854. The van der Waals surface area contributed by atoms with Crippen molar-refractivity contribution in [2.45, 2.75) is 32.2 Å². The number of hydrogen-bond acceptors (Lipinski definition) is 1. The summed E-state index contributed by atoms with van der Waals surface area (Å²) in [6.07, 6.45) is 4.94. The Kier molecular flexibility index (Phi) is 4.44. The molecule has 0 aromatic heterocycles. The fourth-order valence-electron chi connectivity index (χ4n) is 2.67. The Bertz CT molecular complexity index is 513. The Morgan fingerprint density at radius 2 is 2.05 bits per heavy atom. The van der Waals surface area contributed by atoms with Gasteiger partial charge in [-0.1, -0.05) is 31.6 Å². The zero-order chi connectivity index (χ0) is 14.7. The molecule has 20 heavy (non-hydrogen) atoms. The number of allylic oxidation sites excluding steroid dienone is 1. The molecular formula is C17H19F2N. The predicted octanol–water partition coefficient (Wildman–Crippen LogP) is 4.22. The number of terminal acetylenes is 1. The second-order valence-corrected chi connectivity index (χ2v) is 5.23. The average Bonchev–Trinajstić information content (AvgIpc) is 2.95. The van der Waals surface area contributed by atoms with Gasteiger partial charge in [-0.05, 0) is 30.5 Å². The van der Waals surface area contributed by atoms with Crippen LogP contribution in [-0.4, -0.2) is 17.9 Å². The van der Waals surface area contributed by atoms with Crippen LogP contribution in [0.2, 0.25) is 0 Å². The molecule has 2 unspecified atom stereocenters. The van der Waals surface area contributed by atoms with E-state index in [1.807, 2.05) is 29.2 Å². The second kappa shape index (κ2) is 6.09. The van der Waals surface area contributed by atoms with Gasteiger partial charge >= 0.3 is 0 Å². The van der Waals surface area contributed by atoms with Crippen LogP contribution in [0.15, 0.2) is 36.5 Å². The normalized spacial score (nSPS) is 19.9. The van der Waals surface area contributed by atoms with E-state index in [1.165, 1.54) is 6.92 Å². The van der Waals surface area contributed by atoms with Crippen molar-refractivity contribution in [3.8, 4) is 12.3 Å². The van der Waals surface area contributed by atoms with Gasteiger partial charge in [-0.25, -0.2) is 8.78 Å². The first-order chi connectivity index (χ1) is 9.54. The molecule has 2 atom stereocenters. The first kappa shape index (κ1) is 14.6. The molecule has 0 spiro atoms. The molecule has 0 amide bonds. The molecule has 106 valence electrons. The van der Waals surface area contributed by atoms with E-state index in [0.29, 0.717) is 5.70 Å². The summed E-state index contributed by atoms with van der Waals surface area (Å²) in [5.41, 5.74) is 2.48. The third-order valence-electron chi connectivity index (χ3n) is 3.99. The van der Waals surface area contributed by atoms with Crippen LogP contribution in [0.5, 0.6) is 0 Å². The first-order valence-corrected chi connectivity index (χ1v) is 6.84. The van der Waals surface area contributed by atoms with Gasteiger partial charge in [-0.3, -0.25) is 0 Å². The fraction of sp³-hybridized carbons (Fsp3) is 0.412. The molecule has 0 radical (unpaired) electrons. The number of rotatable bonds is 4. The molecule has 1 aromatic rings. The summed E-state index contributed by atoms with van der Waals surface area (Å²) in [6.45, 7) is 6.20. The van der Waals surface area contributed by atoms with Crippen LogP contribution in [0.4, 0.5) is 8.78 Å². The number of benzene rings is 1. The van der Waals surface area contributed by atoms with Crippen molar-refractivity contribution < 1.29 is 8.78 Å². The minimum atomic E-state index is -2.37. The topological polar surface area (TPSA) is 3.24 Å². The average molecular weight is 275 g/mol. The molecule has 3 heteroatoms. The summed E-state index contributed by atoms with van der Waals surface area (Å²) in [4.78, 5) is 2.02. The van der Waals surface area contributed by atoms with Gasteiger partial charge in [-0.15, -0.1) is 6.42 Å². The van der Waals surface area contributed by atoms with Crippen LogP contribution < -0.4 is 0 Å². The molecule has 0 N–H and O–H groups in total. The highest BCUT2D eigenvalue weighted by Crippen LogP contribution is 2.37. The highest BCUT2D eigenvalue weighted by molar-refractivity contribution is 5.35. The van der Waals surface area contributed by atoms with Crippen molar-refractivity contribution in [3.05, 3.63) is 47.7 Å². The van der Waals surface area contributed by atoms with E-state index < -0.39 is 12.3 Å². The Morgan fingerprint density at radius 3 is 2.60 bits per heavy atom. The van der Waals surface area contributed by atoms with Crippen LogP contribution in [0.3, 0.4) is 0 Å². The Labute approximate surface area is 119 Å². The van der Waals surface area contributed by atoms with E-state index in [0.717, 1.165) is 30.5 Å². The maximum absolute atomic E-state index is 12.9. The Morgan fingerprint density at radius 1 is 1.40 bits per heavy atom. The van der Waals surface area contributed by atoms with Crippen molar-refractivity contribution in [2.75, 3.05) is 6.54 Å². The highest BCUT2D eigenvalue weighted by Gasteiger charge is 2.31. The third-order valence-corrected chi connectivity index (χ3v) is 3.99. The van der Waals surface area contributed by atoms with Crippen LogP contribution in [0.1, 0.15) is 36.9 Å². The number of nitrogens with zero attached hydrogens (tertiary/aromatic N) is 1. The molecule has 0 aliphatic carbocycles. The summed E-state index contributed by atoms with van der Waals surface area (Å²) < 4.78 is 25.7. The standard InChI is InChI=1S/C17H19F2N/c1-4-14-7-9-15(10-8-14)16-6-5-11-20(16)13(3)12(2)17(18)19/h1,7-10,12,16-17H,3,5-6,11H2,2H3. The fourth-order valence-corrected chi connectivity index (χ4v) is 2.67. The summed E-state index contributed by atoms with van der Waals surface area (Å²) in [5.74, 6) is 1.78. The molecule has 1 aliphatic heterocycles. The number of likely N-dealkylation sites (tertiary alicyclic amines) is 1. The minimum Gasteiger partial charge on any atom is -0.368 e. The lowest BCUT2D eigenvalue weighted by atomic mass is 10.0. The van der Waals surface area contributed by atoms with Gasteiger partial charge < -0.3 is 4.90 Å². The zero-order valence-corrected chi connectivity index (χ0v) is 11.7. The summed E-state index contributed by atoms with van der Waals surface area (Å²) in [7, 11) is 0. The maximum atomic E-state index is 12.9. The van der Waals surface area contributed by atoms with E-state index >= 15 is 0 Å². The molecule has 1 nitrogen and oxygen atoms in total. The molecule has 0 saturated carbocycles. The number of hydrogen-bond donors (Lipinski definition) is 0. The third kappa shape index (κ3) is 2.85. The lowest BCUT2D eigenvalue weighted by Crippen LogP contribution is -2.28. The minimum absolute atomic E-state index is 0.135. The zero-order valence-electron chi connectivity index (χ0n) is 11.7. The van der Waals surface area contributed by atoms with Gasteiger partial charge in [0.1, 0.15) is 0 Å². The summed E-state index contributed by atoms with van der Waals surface area (Å²) in [6, 6.07) is 7.89. The van der Waals surface area contributed by atoms with Gasteiger partial charge in [0.15, 0.2) is 0 Å². The Balaban J connectivity index is 2.18. The molecule has 1 fully saturated rings. The van der Waals surface area contributed by atoms with Crippen LogP contribution in [0.25, 0.3) is 0 Å². The molecule has 1 heterocycles. The van der Waals surface area contributed by atoms with Gasteiger partial charge in [0.2, 0.25) is 6.43 Å². The molecular weight excluding hydrogens is 256 g/mol. The number of alkyl halides is 2. The maximum Gasteiger partial charge on any atom is 0.246 e. The predicted molar refractivity (Wildman–Crippen MR) is 77.4 cm³/mol. The lowest BCUT2D eigenvalue weighted by Gasteiger charge is -2.32. The van der Waals surface area contributed by atoms with E-state index in [9.17, 15) is 8.78 Å². The molecule has 1 saturated heterocycles. The van der Waals surface area contributed by atoms with Crippen LogP contribution in [-0.2, 0) is 0 Å². The quantitative estimate of drug-likeness (QED) is 0.744. The smallest absolute Gasteiger partial charge is 0.246 e. The van der Waals surface area contributed by atoms with Crippen LogP contribution in [0, 0.1) is 18.3 Å². The summed E-state index contributed by atoms with van der Waals surface area (Å²) >= 11 is 0. The highest BCUT2D eigenvalue weighted by atomic mass is 19.3. The van der Waals surface area contributed by atoms with Crippen molar-refractivity contribution in [1.29, 1.82) is 0 Å². The molecule has 0 bridgehead atoms. The molecule has 2 rings (SSSR count). The van der Waals surface area contributed by atoms with Crippen molar-refractivity contribution in [1.82, 2.24) is 4.90 Å². The Hall–Kier alpha value is -1.82. The van der Waals surface area contributed by atoms with E-state index in [4.69, 9.17) is 6.42 Å². The van der Waals surface area contributed by atoms with E-state index in [-0.39, 0.29) is 6.04 Å². The van der Waals surface area contributed by atoms with Gasteiger partial charge in [0.25, 0.3) is 0 Å². The monoisotopic (exact) mass is 275 g/mol. The van der Waals surface area contributed by atoms with Crippen LogP contribution >= 0.6 is 0 Å². The summed E-state index contributed by atoms with van der Waals surface area (Å²) in [5, 5.41) is 0. The second-order valence-electron chi connectivity index (χ2n) is 5.23. The SMILES string of the molecule is C#Cc1ccc(C2CCCN2C(=C)C(C)C(F)F)cc1.